The van der Waals surface area contributed by atoms with Gasteiger partial charge in [0.25, 0.3) is 5.91 Å². The summed E-state index contributed by atoms with van der Waals surface area (Å²) in [5.74, 6) is 0.634. The van der Waals surface area contributed by atoms with Crippen LogP contribution in [0.2, 0.25) is 0 Å². The largest absolute Gasteiger partial charge is 0.381 e. The van der Waals surface area contributed by atoms with Crippen LogP contribution in [0, 0.1) is 18.3 Å². The van der Waals surface area contributed by atoms with Gasteiger partial charge in [-0.05, 0) is 43.7 Å². The average molecular weight is 353 g/mol. The molecule has 5 nitrogen and oxygen atoms in total. The van der Waals surface area contributed by atoms with E-state index in [0.29, 0.717) is 23.0 Å². The van der Waals surface area contributed by atoms with Gasteiger partial charge in [0.05, 0.1) is 9.88 Å². The number of hydrogen-bond acceptors (Lipinski definition) is 4. The first kappa shape index (κ1) is 18.9. The second kappa shape index (κ2) is 8.12. The van der Waals surface area contributed by atoms with Crippen LogP contribution in [-0.4, -0.2) is 31.6 Å². The molecule has 0 aliphatic heterocycles. The lowest BCUT2D eigenvalue weighted by Crippen LogP contribution is -2.27. The number of aryl methyl sites for hydroxylation is 1. The Morgan fingerprint density at radius 3 is 2.67 bits per heavy atom. The van der Waals surface area contributed by atoms with Gasteiger partial charge in [-0.15, -0.1) is 11.3 Å². The Morgan fingerprint density at radius 1 is 1.33 bits per heavy atom. The van der Waals surface area contributed by atoms with Crippen LogP contribution in [0.4, 0.5) is 5.00 Å². The molecule has 1 heterocycles. The minimum atomic E-state index is -0.458. The number of rotatable bonds is 8. The Kier molecular flexibility index (Phi) is 6.40. The van der Waals surface area contributed by atoms with Gasteiger partial charge in [-0.2, -0.15) is 0 Å². The number of thiophene rings is 1. The normalized spacial score (nSPS) is 14.5. The summed E-state index contributed by atoms with van der Waals surface area (Å²) in [6.45, 7) is 9.62. The van der Waals surface area contributed by atoms with E-state index in [2.05, 4.69) is 10.6 Å². The zero-order chi connectivity index (χ0) is 17.7. The Labute approximate surface area is 148 Å². The highest BCUT2D eigenvalue weighted by molar-refractivity contribution is 7.18. The van der Waals surface area contributed by atoms with E-state index in [1.807, 2.05) is 33.8 Å². The smallest absolute Gasteiger partial charge is 0.261 e. The van der Waals surface area contributed by atoms with Gasteiger partial charge in [-0.3, -0.25) is 9.59 Å². The maximum atomic E-state index is 12.3. The average Bonchev–Trinajstić information content (AvgIpc) is 3.24. The highest BCUT2D eigenvalue weighted by atomic mass is 32.1. The maximum absolute atomic E-state index is 12.3. The van der Waals surface area contributed by atoms with Crippen molar-refractivity contribution >= 4 is 28.2 Å². The predicted molar refractivity (Wildman–Crippen MR) is 97.6 cm³/mol. The van der Waals surface area contributed by atoms with E-state index < -0.39 is 5.41 Å². The third-order valence-electron chi connectivity index (χ3n) is 3.84. The van der Waals surface area contributed by atoms with Gasteiger partial charge >= 0.3 is 0 Å². The summed E-state index contributed by atoms with van der Waals surface area (Å²) in [6, 6.07) is 1.85. The van der Waals surface area contributed by atoms with E-state index in [1.54, 1.807) is 0 Å². The minimum Gasteiger partial charge on any atom is -0.381 e. The molecule has 2 amide bonds. The third kappa shape index (κ3) is 5.91. The van der Waals surface area contributed by atoms with Crippen molar-refractivity contribution in [2.24, 2.45) is 11.3 Å². The third-order valence-corrected chi connectivity index (χ3v) is 4.99. The molecule has 0 bridgehead atoms. The molecule has 1 fully saturated rings. The molecule has 0 radical (unpaired) electrons. The molecule has 1 aromatic rings. The molecule has 0 atom stereocenters. The number of ether oxygens (including phenoxy) is 1. The standard InChI is InChI=1S/C18H28N2O3S/c1-12-10-14(20-17(22)18(2,3)4)24-15(12)16(21)19-8-5-9-23-11-13-6-7-13/h10,13H,5-9,11H2,1-4H3,(H,19,21)(H,20,22). The summed E-state index contributed by atoms with van der Waals surface area (Å²) < 4.78 is 5.55. The zero-order valence-electron chi connectivity index (χ0n) is 15.0. The predicted octanol–water partition coefficient (Wildman–Crippen LogP) is 3.59. The summed E-state index contributed by atoms with van der Waals surface area (Å²) in [4.78, 5) is 24.9. The van der Waals surface area contributed by atoms with Crippen molar-refractivity contribution in [2.75, 3.05) is 25.1 Å². The molecule has 0 saturated heterocycles. The van der Waals surface area contributed by atoms with Crippen molar-refractivity contribution in [2.45, 2.75) is 47.0 Å². The fourth-order valence-corrected chi connectivity index (χ4v) is 3.04. The number of amides is 2. The van der Waals surface area contributed by atoms with Gasteiger partial charge in [0.2, 0.25) is 5.91 Å². The quantitative estimate of drug-likeness (QED) is 0.703. The van der Waals surface area contributed by atoms with Crippen molar-refractivity contribution < 1.29 is 14.3 Å². The molecule has 1 saturated carbocycles. The first-order chi connectivity index (χ1) is 11.3. The monoisotopic (exact) mass is 352 g/mol. The van der Waals surface area contributed by atoms with E-state index in [1.165, 1.54) is 24.2 Å². The van der Waals surface area contributed by atoms with Crippen LogP contribution in [0.3, 0.4) is 0 Å². The zero-order valence-corrected chi connectivity index (χ0v) is 15.8. The van der Waals surface area contributed by atoms with Crippen molar-refractivity contribution in [3.05, 3.63) is 16.5 Å². The topological polar surface area (TPSA) is 67.4 Å². The van der Waals surface area contributed by atoms with Crippen molar-refractivity contribution in [1.29, 1.82) is 0 Å². The van der Waals surface area contributed by atoms with Crippen molar-refractivity contribution in [3.63, 3.8) is 0 Å². The summed E-state index contributed by atoms with van der Waals surface area (Å²) in [5, 5.41) is 6.51. The Bertz CT molecular complexity index is 586. The number of nitrogens with one attached hydrogen (secondary N) is 2. The molecule has 6 heteroatoms. The van der Waals surface area contributed by atoms with Gasteiger partial charge in [-0.25, -0.2) is 0 Å². The molecule has 1 aliphatic carbocycles. The lowest BCUT2D eigenvalue weighted by Gasteiger charge is -2.16. The fourth-order valence-electron chi connectivity index (χ4n) is 2.06. The van der Waals surface area contributed by atoms with Crippen LogP contribution >= 0.6 is 11.3 Å². The van der Waals surface area contributed by atoms with Crippen LogP contribution in [0.1, 0.15) is 55.3 Å². The molecule has 1 aromatic heterocycles. The van der Waals surface area contributed by atoms with Gasteiger partial charge in [-0.1, -0.05) is 20.8 Å². The lowest BCUT2D eigenvalue weighted by molar-refractivity contribution is -0.123. The molecule has 24 heavy (non-hydrogen) atoms. The van der Waals surface area contributed by atoms with Gasteiger partial charge in [0.1, 0.15) is 0 Å². The van der Waals surface area contributed by atoms with E-state index in [9.17, 15) is 9.59 Å². The van der Waals surface area contributed by atoms with Crippen LogP contribution < -0.4 is 10.6 Å². The van der Waals surface area contributed by atoms with Gasteiger partial charge in [0.15, 0.2) is 0 Å². The second-order valence-corrected chi connectivity index (χ2v) is 8.51. The summed E-state index contributed by atoms with van der Waals surface area (Å²) in [7, 11) is 0. The van der Waals surface area contributed by atoms with Crippen LogP contribution in [0.5, 0.6) is 0 Å². The van der Waals surface area contributed by atoms with Crippen LogP contribution in [0.25, 0.3) is 0 Å². The highest BCUT2D eigenvalue weighted by Gasteiger charge is 2.23. The summed E-state index contributed by atoms with van der Waals surface area (Å²) >= 11 is 1.32. The molecular formula is C18H28N2O3S. The molecule has 1 aliphatic rings. The molecular weight excluding hydrogens is 324 g/mol. The van der Waals surface area contributed by atoms with E-state index in [4.69, 9.17) is 4.74 Å². The fraction of sp³-hybridized carbons (Fsp3) is 0.667. The lowest BCUT2D eigenvalue weighted by atomic mass is 9.96. The minimum absolute atomic E-state index is 0.0523. The summed E-state index contributed by atoms with van der Waals surface area (Å²) in [5.41, 5.74) is 0.424. The molecule has 2 N–H and O–H groups in total. The van der Waals surface area contributed by atoms with Crippen molar-refractivity contribution in [3.8, 4) is 0 Å². The van der Waals surface area contributed by atoms with Crippen molar-refractivity contribution in [1.82, 2.24) is 5.32 Å². The first-order valence-electron chi connectivity index (χ1n) is 8.55. The Hall–Kier alpha value is -1.40. The number of carbonyl (C=O) groups excluding carboxylic acids is 2. The van der Waals surface area contributed by atoms with Gasteiger partial charge in [0, 0.05) is 25.2 Å². The van der Waals surface area contributed by atoms with Crippen LogP contribution in [-0.2, 0) is 9.53 Å². The highest BCUT2D eigenvalue weighted by Crippen LogP contribution is 2.29. The summed E-state index contributed by atoms with van der Waals surface area (Å²) in [6.07, 6.45) is 3.40. The molecule has 134 valence electrons. The van der Waals surface area contributed by atoms with E-state index in [0.717, 1.165) is 24.5 Å². The van der Waals surface area contributed by atoms with Crippen LogP contribution in [0.15, 0.2) is 6.07 Å². The van der Waals surface area contributed by atoms with E-state index >= 15 is 0 Å². The van der Waals surface area contributed by atoms with E-state index in [-0.39, 0.29) is 11.8 Å². The Balaban J connectivity index is 1.75. The number of hydrogen-bond donors (Lipinski definition) is 2. The van der Waals surface area contributed by atoms with Gasteiger partial charge < -0.3 is 15.4 Å². The molecule has 0 spiro atoms. The molecule has 0 aromatic carbocycles. The number of carbonyl (C=O) groups is 2. The maximum Gasteiger partial charge on any atom is 0.261 e. The number of anilines is 1. The second-order valence-electron chi connectivity index (χ2n) is 7.45. The SMILES string of the molecule is Cc1cc(NC(=O)C(C)(C)C)sc1C(=O)NCCCOCC1CC1. The first-order valence-corrected chi connectivity index (χ1v) is 9.37. The molecule has 0 unspecified atom stereocenters. The molecule has 2 rings (SSSR count). The Morgan fingerprint density at radius 2 is 2.04 bits per heavy atom.